The Morgan fingerprint density at radius 3 is 2.83 bits per heavy atom. The molecule has 1 atom stereocenters. The smallest absolute Gasteiger partial charge is 0.257 e. The summed E-state index contributed by atoms with van der Waals surface area (Å²) < 4.78 is 10.9. The molecular weight excluding hydrogens is 388 g/mol. The maximum absolute atomic E-state index is 12.7. The Morgan fingerprint density at radius 1 is 1.24 bits per heavy atom. The van der Waals surface area contributed by atoms with Gasteiger partial charge in [0.05, 0.1) is 12.7 Å². The normalized spacial score (nSPS) is 15.3. The van der Waals surface area contributed by atoms with Gasteiger partial charge >= 0.3 is 0 Å². The molecule has 1 unspecified atom stereocenters. The van der Waals surface area contributed by atoms with Gasteiger partial charge in [-0.05, 0) is 55.4 Å². The lowest BCUT2D eigenvalue weighted by molar-refractivity contribution is -0.123. The summed E-state index contributed by atoms with van der Waals surface area (Å²) in [7, 11) is 1.55. The predicted octanol–water partition coefficient (Wildman–Crippen LogP) is 3.33. The van der Waals surface area contributed by atoms with Crippen LogP contribution in [-0.2, 0) is 24.2 Å². The molecule has 1 heterocycles. The Morgan fingerprint density at radius 2 is 2.07 bits per heavy atom. The van der Waals surface area contributed by atoms with Crippen molar-refractivity contribution in [3.63, 3.8) is 0 Å². The highest BCUT2D eigenvalue weighted by atomic mass is 32.1. The zero-order chi connectivity index (χ0) is 20.8. The summed E-state index contributed by atoms with van der Waals surface area (Å²) in [6, 6.07) is 5.44. The van der Waals surface area contributed by atoms with Gasteiger partial charge in [0.1, 0.15) is 0 Å². The van der Waals surface area contributed by atoms with Crippen molar-refractivity contribution in [1.29, 1.82) is 0 Å². The van der Waals surface area contributed by atoms with Crippen LogP contribution >= 0.6 is 11.3 Å². The summed E-state index contributed by atoms with van der Waals surface area (Å²) in [6.45, 7) is 5.01. The van der Waals surface area contributed by atoms with Crippen molar-refractivity contribution in [3.8, 4) is 11.5 Å². The minimum absolute atomic E-state index is 0.0346. The Balaban J connectivity index is 1.60. The lowest BCUT2D eigenvalue weighted by Gasteiger charge is -2.19. The number of likely N-dealkylation sites (N-methyl/N-ethyl adjacent to an activating group) is 1. The van der Waals surface area contributed by atoms with Gasteiger partial charge in [0.15, 0.2) is 18.1 Å². The van der Waals surface area contributed by atoms with Crippen LogP contribution in [0.15, 0.2) is 23.6 Å². The van der Waals surface area contributed by atoms with Crippen LogP contribution in [0.1, 0.15) is 46.6 Å². The van der Waals surface area contributed by atoms with Gasteiger partial charge in [-0.1, -0.05) is 13.0 Å². The number of nitrogens with one attached hydrogen (secondary N) is 2. The second-order valence-corrected chi connectivity index (χ2v) is 8.27. The number of amides is 2. The zero-order valence-electron chi connectivity index (χ0n) is 17.2. The first kappa shape index (κ1) is 21.2. The van der Waals surface area contributed by atoms with E-state index in [2.05, 4.69) is 17.6 Å². The number of hydrogen-bond acceptors (Lipinski definition) is 5. The maximum atomic E-state index is 12.7. The minimum atomic E-state index is -0.181. The third kappa shape index (κ3) is 5.29. The van der Waals surface area contributed by atoms with Crippen LogP contribution < -0.4 is 20.1 Å². The first-order chi connectivity index (χ1) is 14.0. The van der Waals surface area contributed by atoms with Gasteiger partial charge in [-0.15, -0.1) is 11.3 Å². The standard InChI is InChI=1S/C22H28N2O4S/c1-4-23-21(25)12-28-18-8-6-15(10-19(18)27-3)11-24-22(26)17-13-29-20-9-14(2)5-7-16(17)20/h6,8,10,13-14H,4-5,7,9,11-12H2,1-3H3,(H,23,25)(H,24,26). The zero-order valence-corrected chi connectivity index (χ0v) is 18.0. The Labute approximate surface area is 175 Å². The summed E-state index contributed by atoms with van der Waals surface area (Å²) in [5.41, 5.74) is 2.93. The average molecular weight is 417 g/mol. The molecule has 2 N–H and O–H groups in total. The van der Waals surface area contributed by atoms with Crippen molar-refractivity contribution in [2.75, 3.05) is 20.3 Å². The van der Waals surface area contributed by atoms with Crippen molar-refractivity contribution >= 4 is 23.2 Å². The minimum Gasteiger partial charge on any atom is -0.493 e. The van der Waals surface area contributed by atoms with Gasteiger partial charge in [0.2, 0.25) is 0 Å². The summed E-state index contributed by atoms with van der Waals surface area (Å²) in [5.74, 6) is 1.50. The van der Waals surface area contributed by atoms with E-state index in [0.717, 1.165) is 30.4 Å². The molecule has 7 heteroatoms. The number of carbonyl (C=O) groups is 2. The molecule has 1 aliphatic rings. The number of rotatable bonds is 8. The molecule has 3 rings (SSSR count). The van der Waals surface area contributed by atoms with Gasteiger partial charge in [-0.2, -0.15) is 0 Å². The predicted molar refractivity (Wildman–Crippen MR) is 114 cm³/mol. The summed E-state index contributed by atoms with van der Waals surface area (Å²) in [4.78, 5) is 25.6. The third-order valence-electron chi connectivity index (χ3n) is 5.06. The molecule has 0 fully saturated rings. The van der Waals surface area contributed by atoms with Gasteiger partial charge < -0.3 is 20.1 Å². The van der Waals surface area contributed by atoms with Crippen LogP contribution in [-0.4, -0.2) is 32.1 Å². The number of hydrogen-bond donors (Lipinski definition) is 2. The molecule has 0 saturated carbocycles. The number of carbonyl (C=O) groups excluding carboxylic acids is 2. The molecular formula is C22H28N2O4S. The number of methoxy groups -OCH3 is 1. The summed E-state index contributed by atoms with van der Waals surface area (Å²) in [5, 5.41) is 7.67. The average Bonchev–Trinajstić information content (AvgIpc) is 3.14. The molecule has 1 aromatic carbocycles. The van der Waals surface area contributed by atoms with Crippen molar-refractivity contribution in [2.24, 2.45) is 5.92 Å². The van der Waals surface area contributed by atoms with Crippen molar-refractivity contribution in [1.82, 2.24) is 10.6 Å². The lowest BCUT2D eigenvalue weighted by atomic mass is 9.88. The van der Waals surface area contributed by atoms with Crippen LogP contribution in [0.3, 0.4) is 0 Å². The first-order valence-corrected chi connectivity index (χ1v) is 10.8. The number of benzene rings is 1. The number of thiophene rings is 1. The molecule has 0 bridgehead atoms. The fraction of sp³-hybridized carbons (Fsp3) is 0.455. The maximum Gasteiger partial charge on any atom is 0.257 e. The molecule has 0 aliphatic heterocycles. The van der Waals surface area contributed by atoms with Gasteiger partial charge in [-0.25, -0.2) is 0 Å². The van der Waals surface area contributed by atoms with Gasteiger partial charge in [0, 0.05) is 23.3 Å². The molecule has 2 amide bonds. The van der Waals surface area contributed by atoms with Gasteiger partial charge in [-0.3, -0.25) is 9.59 Å². The van der Waals surface area contributed by atoms with Crippen LogP contribution in [0.5, 0.6) is 11.5 Å². The molecule has 1 aliphatic carbocycles. The SMILES string of the molecule is CCNC(=O)COc1ccc(CNC(=O)c2csc3c2CCC(C)C3)cc1OC. The second-order valence-electron chi connectivity index (χ2n) is 7.31. The van der Waals surface area contributed by atoms with E-state index in [9.17, 15) is 9.59 Å². The van der Waals surface area contributed by atoms with E-state index in [1.807, 2.05) is 24.4 Å². The molecule has 0 radical (unpaired) electrons. The number of ether oxygens (including phenoxy) is 2. The number of fused-ring (bicyclic) bond motifs is 1. The van der Waals surface area contributed by atoms with Crippen molar-refractivity contribution < 1.29 is 19.1 Å². The molecule has 0 saturated heterocycles. The highest BCUT2D eigenvalue weighted by Gasteiger charge is 2.23. The molecule has 2 aromatic rings. The van der Waals surface area contributed by atoms with Crippen molar-refractivity contribution in [2.45, 2.75) is 39.7 Å². The van der Waals surface area contributed by atoms with E-state index in [1.54, 1.807) is 24.5 Å². The van der Waals surface area contributed by atoms with Crippen molar-refractivity contribution in [3.05, 3.63) is 45.1 Å². The van der Waals surface area contributed by atoms with E-state index in [0.29, 0.717) is 30.5 Å². The van der Waals surface area contributed by atoms with E-state index in [-0.39, 0.29) is 18.4 Å². The second kappa shape index (κ2) is 9.78. The largest absolute Gasteiger partial charge is 0.493 e. The highest BCUT2D eigenvalue weighted by Crippen LogP contribution is 2.33. The quantitative estimate of drug-likeness (QED) is 0.692. The molecule has 1 aromatic heterocycles. The van der Waals surface area contributed by atoms with Gasteiger partial charge in [0.25, 0.3) is 11.8 Å². The van der Waals surface area contributed by atoms with Crippen LogP contribution in [0.4, 0.5) is 0 Å². The Bertz CT molecular complexity index is 878. The molecule has 29 heavy (non-hydrogen) atoms. The van der Waals surface area contributed by atoms with Crippen LogP contribution in [0.2, 0.25) is 0 Å². The Kier molecular flexibility index (Phi) is 7.14. The fourth-order valence-electron chi connectivity index (χ4n) is 3.48. The van der Waals surface area contributed by atoms with E-state index in [1.165, 1.54) is 10.4 Å². The molecule has 156 valence electrons. The monoisotopic (exact) mass is 416 g/mol. The van der Waals surface area contributed by atoms with E-state index >= 15 is 0 Å². The summed E-state index contributed by atoms with van der Waals surface area (Å²) >= 11 is 1.69. The summed E-state index contributed by atoms with van der Waals surface area (Å²) in [6.07, 6.45) is 3.19. The lowest BCUT2D eigenvalue weighted by Crippen LogP contribution is -2.28. The highest BCUT2D eigenvalue weighted by molar-refractivity contribution is 7.10. The van der Waals surface area contributed by atoms with E-state index in [4.69, 9.17) is 9.47 Å². The van der Waals surface area contributed by atoms with E-state index < -0.39 is 0 Å². The topological polar surface area (TPSA) is 76.7 Å². The Hall–Kier alpha value is -2.54. The first-order valence-electron chi connectivity index (χ1n) is 9.95. The van der Waals surface area contributed by atoms with Crippen LogP contribution in [0, 0.1) is 5.92 Å². The fourth-order valence-corrected chi connectivity index (χ4v) is 4.72. The molecule has 6 nitrogen and oxygen atoms in total. The molecule has 0 spiro atoms. The van der Waals surface area contributed by atoms with Crippen LogP contribution in [0.25, 0.3) is 0 Å². The third-order valence-corrected chi connectivity index (χ3v) is 6.11.